The number of hydrogen-bond acceptors (Lipinski definition) is 2. The van der Waals surface area contributed by atoms with E-state index in [1.54, 1.807) is 13.0 Å². The Hall–Kier alpha value is -1.15. The second-order valence-electron chi connectivity index (χ2n) is 4.11. The van der Waals surface area contributed by atoms with Crippen LogP contribution < -0.4 is 0 Å². The Labute approximate surface area is 83.6 Å². The average Bonchev–Trinajstić information content (AvgIpc) is 2.27. The molecule has 1 aromatic carbocycles. The van der Waals surface area contributed by atoms with Crippen LogP contribution in [-0.2, 0) is 6.42 Å². The van der Waals surface area contributed by atoms with E-state index >= 15 is 0 Å². The highest BCUT2D eigenvalue weighted by Crippen LogP contribution is 2.26. The van der Waals surface area contributed by atoms with Gasteiger partial charge in [-0.2, -0.15) is 0 Å². The van der Waals surface area contributed by atoms with Crippen LogP contribution >= 0.6 is 0 Å². The summed E-state index contributed by atoms with van der Waals surface area (Å²) in [5, 5.41) is 9.92. The SMILES string of the molecule is CC1(O)CCCc2ccccc2C1=O. The molecule has 1 aliphatic rings. The van der Waals surface area contributed by atoms with Gasteiger partial charge in [0.05, 0.1) is 0 Å². The van der Waals surface area contributed by atoms with Crippen molar-refractivity contribution in [1.29, 1.82) is 0 Å². The third-order valence-corrected chi connectivity index (χ3v) is 2.86. The standard InChI is InChI=1S/C12H14O2/c1-12(14)8-4-6-9-5-2-3-7-10(9)11(12)13/h2-3,5,7,14H,4,6,8H2,1H3. The van der Waals surface area contributed by atoms with E-state index in [9.17, 15) is 9.90 Å². The average molecular weight is 190 g/mol. The maximum absolute atomic E-state index is 11.9. The minimum absolute atomic E-state index is 0.134. The van der Waals surface area contributed by atoms with Crippen molar-refractivity contribution in [3.05, 3.63) is 35.4 Å². The molecule has 14 heavy (non-hydrogen) atoms. The molecule has 2 nitrogen and oxygen atoms in total. The first-order valence-electron chi connectivity index (χ1n) is 4.96. The first kappa shape index (κ1) is 9.41. The van der Waals surface area contributed by atoms with Gasteiger partial charge in [0.1, 0.15) is 5.60 Å². The summed E-state index contributed by atoms with van der Waals surface area (Å²) >= 11 is 0. The molecule has 0 saturated heterocycles. The number of hydrogen-bond donors (Lipinski definition) is 1. The second-order valence-corrected chi connectivity index (χ2v) is 4.11. The van der Waals surface area contributed by atoms with Crippen molar-refractivity contribution in [3.63, 3.8) is 0 Å². The van der Waals surface area contributed by atoms with Crippen LogP contribution in [0.3, 0.4) is 0 Å². The van der Waals surface area contributed by atoms with E-state index in [1.807, 2.05) is 18.2 Å². The highest BCUT2D eigenvalue weighted by atomic mass is 16.3. The fourth-order valence-electron chi connectivity index (χ4n) is 1.99. The summed E-state index contributed by atoms with van der Waals surface area (Å²) in [6.07, 6.45) is 2.31. The van der Waals surface area contributed by atoms with Gasteiger partial charge in [-0.15, -0.1) is 0 Å². The molecule has 0 saturated carbocycles. The van der Waals surface area contributed by atoms with Crippen molar-refractivity contribution in [2.75, 3.05) is 0 Å². The molecule has 0 spiro atoms. The van der Waals surface area contributed by atoms with Crippen LogP contribution in [0.5, 0.6) is 0 Å². The van der Waals surface area contributed by atoms with Gasteiger partial charge in [-0.3, -0.25) is 4.79 Å². The maximum Gasteiger partial charge on any atom is 0.194 e. The quantitative estimate of drug-likeness (QED) is 0.635. The second kappa shape index (κ2) is 3.21. The molecule has 1 unspecified atom stereocenters. The van der Waals surface area contributed by atoms with Crippen molar-refractivity contribution >= 4 is 5.78 Å². The van der Waals surface area contributed by atoms with E-state index in [1.165, 1.54) is 0 Å². The Kier molecular flexibility index (Phi) is 2.16. The summed E-state index contributed by atoms with van der Waals surface area (Å²) in [6.45, 7) is 1.61. The largest absolute Gasteiger partial charge is 0.382 e. The molecule has 0 amide bonds. The zero-order valence-corrected chi connectivity index (χ0v) is 8.29. The van der Waals surface area contributed by atoms with Gasteiger partial charge in [-0.05, 0) is 31.7 Å². The van der Waals surface area contributed by atoms with E-state index in [-0.39, 0.29) is 5.78 Å². The van der Waals surface area contributed by atoms with Crippen molar-refractivity contribution < 1.29 is 9.90 Å². The summed E-state index contributed by atoms with van der Waals surface area (Å²) < 4.78 is 0. The molecular weight excluding hydrogens is 176 g/mol. The van der Waals surface area contributed by atoms with Crippen LogP contribution in [-0.4, -0.2) is 16.5 Å². The lowest BCUT2D eigenvalue weighted by atomic mass is 9.92. The molecule has 0 aromatic heterocycles. The van der Waals surface area contributed by atoms with Gasteiger partial charge in [0.2, 0.25) is 0 Å². The summed E-state index contributed by atoms with van der Waals surface area (Å²) in [5.41, 5.74) is 0.581. The minimum atomic E-state index is -1.17. The van der Waals surface area contributed by atoms with Crippen LogP contribution in [0.15, 0.2) is 24.3 Å². The van der Waals surface area contributed by atoms with Gasteiger partial charge in [0.25, 0.3) is 0 Å². The molecule has 0 fully saturated rings. The van der Waals surface area contributed by atoms with Crippen molar-refractivity contribution in [1.82, 2.24) is 0 Å². The molecule has 1 aliphatic carbocycles. The third kappa shape index (κ3) is 1.46. The van der Waals surface area contributed by atoms with E-state index in [0.717, 1.165) is 18.4 Å². The molecule has 0 bridgehead atoms. The molecule has 1 aromatic rings. The number of rotatable bonds is 0. The fraction of sp³-hybridized carbons (Fsp3) is 0.417. The molecule has 74 valence electrons. The van der Waals surface area contributed by atoms with Crippen molar-refractivity contribution in [2.24, 2.45) is 0 Å². The van der Waals surface area contributed by atoms with Crippen molar-refractivity contribution in [3.8, 4) is 0 Å². The predicted octanol–water partition coefficient (Wildman–Crippen LogP) is 1.96. The monoisotopic (exact) mass is 190 g/mol. The van der Waals surface area contributed by atoms with E-state index in [4.69, 9.17) is 0 Å². The van der Waals surface area contributed by atoms with Gasteiger partial charge < -0.3 is 5.11 Å². The summed E-state index contributed by atoms with van der Waals surface area (Å²) in [5.74, 6) is -0.134. The van der Waals surface area contributed by atoms with Gasteiger partial charge in [0.15, 0.2) is 5.78 Å². The summed E-state index contributed by atoms with van der Waals surface area (Å²) in [7, 11) is 0. The topological polar surface area (TPSA) is 37.3 Å². The number of carbonyl (C=O) groups excluding carboxylic acids is 1. The first-order chi connectivity index (χ1) is 6.61. The van der Waals surface area contributed by atoms with Gasteiger partial charge in [0, 0.05) is 5.56 Å². The minimum Gasteiger partial charge on any atom is -0.382 e. The summed E-state index contributed by atoms with van der Waals surface area (Å²) in [6, 6.07) is 7.55. The smallest absolute Gasteiger partial charge is 0.194 e. The first-order valence-corrected chi connectivity index (χ1v) is 4.96. The van der Waals surface area contributed by atoms with Crippen LogP contribution in [0.25, 0.3) is 0 Å². The molecular formula is C12H14O2. The van der Waals surface area contributed by atoms with Gasteiger partial charge >= 0.3 is 0 Å². The Balaban J connectivity index is 2.51. The molecule has 0 heterocycles. The van der Waals surface area contributed by atoms with Crippen molar-refractivity contribution in [2.45, 2.75) is 31.8 Å². The zero-order valence-electron chi connectivity index (χ0n) is 8.29. The molecule has 1 atom stereocenters. The lowest BCUT2D eigenvalue weighted by Gasteiger charge is -2.19. The molecule has 0 aliphatic heterocycles. The lowest BCUT2D eigenvalue weighted by Crippen LogP contribution is -2.34. The van der Waals surface area contributed by atoms with Crippen LogP contribution in [0, 0.1) is 0 Å². The third-order valence-electron chi connectivity index (χ3n) is 2.86. The number of aryl methyl sites for hydroxylation is 1. The zero-order chi connectivity index (χ0) is 10.2. The van der Waals surface area contributed by atoms with Crippen LogP contribution in [0.4, 0.5) is 0 Å². The number of fused-ring (bicyclic) bond motifs is 1. The maximum atomic E-state index is 11.9. The molecule has 1 N–H and O–H groups in total. The number of Topliss-reactive ketones (excluding diaryl/α,β-unsaturated/α-hetero) is 1. The molecule has 2 heteroatoms. The van der Waals surface area contributed by atoms with Gasteiger partial charge in [-0.1, -0.05) is 24.3 Å². The Morgan fingerprint density at radius 1 is 1.36 bits per heavy atom. The van der Waals surface area contributed by atoms with Gasteiger partial charge in [-0.25, -0.2) is 0 Å². The number of benzene rings is 1. The van der Waals surface area contributed by atoms with E-state index in [2.05, 4.69) is 0 Å². The predicted molar refractivity (Wildman–Crippen MR) is 54.3 cm³/mol. The fourth-order valence-corrected chi connectivity index (χ4v) is 1.99. The highest BCUT2D eigenvalue weighted by molar-refractivity contribution is 6.03. The molecule has 2 rings (SSSR count). The number of aliphatic hydroxyl groups is 1. The van der Waals surface area contributed by atoms with Crippen LogP contribution in [0.2, 0.25) is 0 Å². The Morgan fingerprint density at radius 2 is 2.07 bits per heavy atom. The lowest BCUT2D eigenvalue weighted by molar-refractivity contribution is 0.0371. The summed E-state index contributed by atoms with van der Waals surface area (Å²) in [4.78, 5) is 11.9. The molecule has 0 radical (unpaired) electrons. The number of ketones is 1. The van der Waals surface area contributed by atoms with E-state index < -0.39 is 5.60 Å². The van der Waals surface area contributed by atoms with Crippen LogP contribution in [0.1, 0.15) is 35.7 Å². The normalized spacial score (nSPS) is 26.9. The van der Waals surface area contributed by atoms with E-state index in [0.29, 0.717) is 12.0 Å². The Bertz CT molecular complexity index is 366. The Morgan fingerprint density at radius 3 is 2.86 bits per heavy atom. The number of carbonyl (C=O) groups is 1. The highest BCUT2D eigenvalue weighted by Gasteiger charge is 2.33.